The zero-order valence-corrected chi connectivity index (χ0v) is 21.2. The van der Waals surface area contributed by atoms with Gasteiger partial charge in [0.2, 0.25) is 0 Å². The van der Waals surface area contributed by atoms with Crippen LogP contribution in [0.5, 0.6) is 17.2 Å². The first-order chi connectivity index (χ1) is 19.9. The largest absolute Gasteiger partial charge is 0.454 e. The molecule has 1 saturated heterocycles. The molecule has 2 aliphatic rings. The first-order valence-electron chi connectivity index (χ1n) is 12.5. The van der Waals surface area contributed by atoms with Crippen molar-refractivity contribution in [3.8, 4) is 22.9 Å². The van der Waals surface area contributed by atoms with Crippen LogP contribution in [0.3, 0.4) is 0 Å². The fraction of sp³-hybridized carbons (Fsp3) is 0.143. The molecule has 2 N–H and O–H groups in total. The van der Waals surface area contributed by atoms with E-state index >= 15 is 4.39 Å². The smallest absolute Gasteiger partial charge is 0.417 e. The van der Waals surface area contributed by atoms with Crippen molar-refractivity contribution >= 4 is 23.6 Å². The molecule has 4 heterocycles. The van der Waals surface area contributed by atoms with Crippen molar-refractivity contribution in [2.24, 2.45) is 0 Å². The van der Waals surface area contributed by atoms with Crippen LogP contribution in [0.4, 0.5) is 29.9 Å². The topological polar surface area (TPSA) is 124 Å². The van der Waals surface area contributed by atoms with Crippen molar-refractivity contribution in [2.45, 2.75) is 12.6 Å². The second kappa shape index (κ2) is 10.7. The van der Waals surface area contributed by atoms with E-state index in [4.69, 9.17) is 14.2 Å². The number of hydrogen-bond acceptors (Lipinski definition) is 7. The maximum absolute atomic E-state index is 15.0. The average Bonchev–Trinajstić information content (AvgIpc) is 2.96. The number of urea groups is 1. The lowest BCUT2D eigenvalue weighted by Gasteiger charge is -2.39. The van der Waals surface area contributed by atoms with Crippen LogP contribution < -0.4 is 25.7 Å². The molecule has 0 aliphatic carbocycles. The minimum Gasteiger partial charge on any atom is -0.454 e. The SMILES string of the molecule is O=C(Nc1ccc(Oc2ccnc3c2C2OCCCN2C(=O)N3)c(F)c1)Oc1cccn(-c2ccc(F)cc2)c1=O. The Morgan fingerprint density at radius 1 is 1.05 bits per heavy atom. The number of aromatic nitrogens is 2. The standard InChI is InChI=1S/C28H21F2N5O6/c29-16-4-7-18(8-5-16)34-12-1-3-22(25(34)36)41-28(38)32-17-6-9-20(19(30)15-17)40-21-10-11-31-24-23(21)26-35(27(37)33-24)13-2-14-39-26/h1,3-12,15,26H,2,13-14H2,(H,32,38)(H,31,33,37). The Hall–Kier alpha value is -5.30. The summed E-state index contributed by atoms with van der Waals surface area (Å²) in [6.45, 7) is 0.925. The number of fused-ring (bicyclic) bond motifs is 3. The number of ether oxygens (including phenoxy) is 3. The lowest BCUT2D eigenvalue weighted by molar-refractivity contribution is -0.0749. The number of carbonyl (C=O) groups is 2. The zero-order valence-electron chi connectivity index (χ0n) is 21.2. The molecule has 4 aromatic rings. The monoisotopic (exact) mass is 561 g/mol. The first-order valence-corrected chi connectivity index (χ1v) is 12.5. The summed E-state index contributed by atoms with van der Waals surface area (Å²) in [5.74, 6) is -1.20. The Balaban J connectivity index is 1.17. The summed E-state index contributed by atoms with van der Waals surface area (Å²) in [6, 6.07) is 12.9. The minimum atomic E-state index is -1.03. The highest BCUT2D eigenvalue weighted by molar-refractivity contribution is 5.92. The second-order valence-corrected chi connectivity index (χ2v) is 9.06. The van der Waals surface area contributed by atoms with Gasteiger partial charge in [0, 0.05) is 36.4 Å². The molecule has 208 valence electrons. The van der Waals surface area contributed by atoms with E-state index in [1.807, 2.05) is 0 Å². The number of nitrogens with one attached hydrogen (secondary N) is 2. The van der Waals surface area contributed by atoms with Crippen LogP contribution in [0.15, 0.2) is 77.9 Å². The van der Waals surface area contributed by atoms with Crippen LogP contribution in [0, 0.1) is 11.6 Å². The van der Waals surface area contributed by atoms with Crippen LogP contribution in [-0.2, 0) is 4.74 Å². The minimum absolute atomic E-state index is 0.0421. The molecule has 41 heavy (non-hydrogen) atoms. The molecule has 0 radical (unpaired) electrons. The van der Waals surface area contributed by atoms with E-state index in [0.717, 1.165) is 6.07 Å². The van der Waals surface area contributed by atoms with Crippen LogP contribution in [0.1, 0.15) is 18.2 Å². The van der Waals surface area contributed by atoms with E-state index in [1.165, 1.54) is 76.5 Å². The number of amides is 3. The number of rotatable bonds is 5. The van der Waals surface area contributed by atoms with Gasteiger partial charge in [-0.3, -0.25) is 24.9 Å². The summed E-state index contributed by atoms with van der Waals surface area (Å²) in [5.41, 5.74) is 0.230. The van der Waals surface area contributed by atoms with Crippen LogP contribution in [0.25, 0.3) is 5.69 Å². The number of nitrogens with zero attached hydrogens (tertiary/aromatic N) is 3. The van der Waals surface area contributed by atoms with Gasteiger partial charge < -0.3 is 14.2 Å². The summed E-state index contributed by atoms with van der Waals surface area (Å²) in [4.78, 5) is 43.3. The van der Waals surface area contributed by atoms with Crippen molar-refractivity contribution in [3.05, 3.63) is 101 Å². The predicted octanol–water partition coefficient (Wildman–Crippen LogP) is 5.18. The Bertz CT molecular complexity index is 1710. The summed E-state index contributed by atoms with van der Waals surface area (Å²) in [7, 11) is 0. The fourth-order valence-electron chi connectivity index (χ4n) is 4.52. The average molecular weight is 562 g/mol. The molecule has 3 amide bonds. The van der Waals surface area contributed by atoms with Gasteiger partial charge in [0.1, 0.15) is 17.4 Å². The molecule has 1 unspecified atom stereocenters. The molecular weight excluding hydrogens is 540 g/mol. The third kappa shape index (κ3) is 5.17. The number of carbonyl (C=O) groups excluding carboxylic acids is 2. The van der Waals surface area contributed by atoms with E-state index in [1.54, 1.807) is 0 Å². The predicted molar refractivity (Wildman–Crippen MR) is 141 cm³/mol. The van der Waals surface area contributed by atoms with Gasteiger partial charge >= 0.3 is 12.1 Å². The van der Waals surface area contributed by atoms with Crippen molar-refractivity contribution in [1.82, 2.24) is 14.5 Å². The van der Waals surface area contributed by atoms with Gasteiger partial charge in [-0.2, -0.15) is 0 Å². The fourth-order valence-corrected chi connectivity index (χ4v) is 4.52. The van der Waals surface area contributed by atoms with Gasteiger partial charge in [0.05, 0.1) is 12.2 Å². The van der Waals surface area contributed by atoms with Crippen LogP contribution >= 0.6 is 0 Å². The van der Waals surface area contributed by atoms with Gasteiger partial charge in [-0.05, 0) is 61.0 Å². The highest BCUT2D eigenvalue weighted by atomic mass is 19.1. The molecule has 2 aromatic carbocycles. The van der Waals surface area contributed by atoms with Crippen molar-refractivity contribution in [3.63, 3.8) is 0 Å². The molecule has 13 heteroatoms. The van der Waals surface area contributed by atoms with Crippen molar-refractivity contribution < 1.29 is 32.6 Å². The molecule has 0 saturated carbocycles. The maximum Gasteiger partial charge on any atom is 0.417 e. The lowest BCUT2D eigenvalue weighted by Crippen LogP contribution is -2.47. The Morgan fingerprint density at radius 2 is 1.88 bits per heavy atom. The van der Waals surface area contributed by atoms with Crippen LogP contribution in [0.2, 0.25) is 0 Å². The van der Waals surface area contributed by atoms with Gasteiger partial charge in [0.15, 0.2) is 23.5 Å². The number of halogens is 2. The third-order valence-electron chi connectivity index (χ3n) is 6.40. The molecule has 6 rings (SSSR count). The molecule has 2 aromatic heterocycles. The normalized spacial score (nSPS) is 15.8. The molecule has 0 bridgehead atoms. The number of anilines is 2. The summed E-state index contributed by atoms with van der Waals surface area (Å²) < 4.78 is 46.3. The van der Waals surface area contributed by atoms with E-state index in [2.05, 4.69) is 15.6 Å². The highest BCUT2D eigenvalue weighted by Crippen LogP contribution is 2.42. The van der Waals surface area contributed by atoms with E-state index in [0.29, 0.717) is 30.8 Å². The second-order valence-electron chi connectivity index (χ2n) is 9.06. The zero-order chi connectivity index (χ0) is 28.5. The summed E-state index contributed by atoms with van der Waals surface area (Å²) in [5, 5.41) is 5.06. The van der Waals surface area contributed by atoms with Gasteiger partial charge in [0.25, 0.3) is 5.56 Å². The van der Waals surface area contributed by atoms with Gasteiger partial charge in [-0.25, -0.2) is 23.4 Å². The quantitative estimate of drug-likeness (QED) is 0.344. The third-order valence-corrected chi connectivity index (χ3v) is 6.40. The molecule has 1 fully saturated rings. The first kappa shape index (κ1) is 26.0. The van der Waals surface area contributed by atoms with E-state index in [9.17, 15) is 18.8 Å². The van der Waals surface area contributed by atoms with Crippen molar-refractivity contribution in [2.75, 3.05) is 23.8 Å². The number of benzene rings is 2. The van der Waals surface area contributed by atoms with E-state index in [-0.39, 0.29) is 34.8 Å². The Labute approximate surface area is 230 Å². The molecule has 2 aliphatic heterocycles. The molecule has 0 spiro atoms. The number of hydrogen-bond donors (Lipinski definition) is 2. The number of pyridine rings is 2. The van der Waals surface area contributed by atoms with Crippen molar-refractivity contribution in [1.29, 1.82) is 0 Å². The molecule has 1 atom stereocenters. The summed E-state index contributed by atoms with van der Waals surface area (Å²) >= 11 is 0. The Kier molecular flexibility index (Phi) is 6.77. The Morgan fingerprint density at radius 3 is 2.68 bits per heavy atom. The molecular formula is C28H21F2N5O6. The maximum atomic E-state index is 15.0. The van der Waals surface area contributed by atoms with E-state index < -0.39 is 29.5 Å². The van der Waals surface area contributed by atoms with Gasteiger partial charge in [-0.1, -0.05) is 0 Å². The highest BCUT2D eigenvalue weighted by Gasteiger charge is 2.38. The van der Waals surface area contributed by atoms with Gasteiger partial charge in [-0.15, -0.1) is 0 Å². The molecule has 11 nitrogen and oxygen atoms in total. The lowest BCUT2D eigenvalue weighted by atomic mass is 10.1. The van der Waals surface area contributed by atoms with Crippen LogP contribution in [-0.4, -0.2) is 39.7 Å². The summed E-state index contributed by atoms with van der Waals surface area (Å²) in [6.07, 6.45) is 1.79.